The van der Waals surface area contributed by atoms with Crippen LogP contribution in [0.2, 0.25) is 0 Å². The summed E-state index contributed by atoms with van der Waals surface area (Å²) < 4.78 is 0. The number of aromatic nitrogens is 1. The number of carbonyl (C=O) groups is 1. The SMILES string of the molecule is O=C(Nc1ncc(Cc2ccccc2)s1)c1ccccc1[N+](=O)[O-]. The van der Waals surface area contributed by atoms with Gasteiger partial charge >= 0.3 is 0 Å². The molecule has 1 heterocycles. The van der Waals surface area contributed by atoms with E-state index in [-0.39, 0.29) is 11.3 Å². The van der Waals surface area contributed by atoms with Crippen LogP contribution in [0.4, 0.5) is 10.8 Å². The molecule has 0 spiro atoms. The van der Waals surface area contributed by atoms with Crippen LogP contribution < -0.4 is 5.32 Å². The van der Waals surface area contributed by atoms with Crippen LogP contribution in [-0.2, 0) is 6.42 Å². The van der Waals surface area contributed by atoms with E-state index in [0.717, 1.165) is 16.9 Å². The summed E-state index contributed by atoms with van der Waals surface area (Å²) in [6.07, 6.45) is 2.42. The fraction of sp³-hybridized carbons (Fsp3) is 0.0588. The highest BCUT2D eigenvalue weighted by atomic mass is 32.1. The Bertz CT molecular complexity index is 878. The lowest BCUT2D eigenvalue weighted by Crippen LogP contribution is -2.13. The first-order chi connectivity index (χ1) is 11.6. The Morgan fingerprint density at radius 2 is 1.83 bits per heavy atom. The summed E-state index contributed by atoms with van der Waals surface area (Å²) in [6.45, 7) is 0. The third-order valence-electron chi connectivity index (χ3n) is 3.34. The number of amides is 1. The zero-order chi connectivity index (χ0) is 16.9. The van der Waals surface area contributed by atoms with Gasteiger partial charge in [0.15, 0.2) is 5.13 Å². The molecule has 0 radical (unpaired) electrons. The third kappa shape index (κ3) is 3.64. The number of benzene rings is 2. The third-order valence-corrected chi connectivity index (χ3v) is 4.25. The predicted molar refractivity (Wildman–Crippen MR) is 92.4 cm³/mol. The van der Waals surface area contributed by atoms with E-state index in [9.17, 15) is 14.9 Å². The molecule has 1 N–H and O–H groups in total. The summed E-state index contributed by atoms with van der Waals surface area (Å²) in [7, 11) is 0. The van der Waals surface area contributed by atoms with E-state index >= 15 is 0 Å². The molecule has 0 unspecified atom stereocenters. The predicted octanol–water partition coefficient (Wildman–Crippen LogP) is 3.89. The van der Waals surface area contributed by atoms with Crippen LogP contribution >= 0.6 is 11.3 Å². The van der Waals surface area contributed by atoms with E-state index in [4.69, 9.17) is 0 Å². The molecule has 0 bridgehead atoms. The molecule has 120 valence electrons. The smallest absolute Gasteiger partial charge is 0.282 e. The standard InChI is InChI=1S/C17H13N3O3S/c21-16(14-8-4-5-9-15(14)20(22)23)19-17-18-11-13(24-17)10-12-6-2-1-3-7-12/h1-9,11H,10H2,(H,18,19,21). The number of hydrogen-bond donors (Lipinski definition) is 1. The molecule has 3 rings (SSSR count). The van der Waals surface area contributed by atoms with Crippen molar-refractivity contribution in [2.75, 3.05) is 5.32 Å². The molecule has 7 heteroatoms. The fourth-order valence-electron chi connectivity index (χ4n) is 2.23. The van der Waals surface area contributed by atoms with Gasteiger partial charge in [-0.05, 0) is 11.6 Å². The number of nitrogens with zero attached hydrogens (tertiary/aromatic N) is 2. The monoisotopic (exact) mass is 339 g/mol. The first kappa shape index (κ1) is 15.8. The molecule has 6 nitrogen and oxygen atoms in total. The molecule has 0 aliphatic rings. The maximum atomic E-state index is 12.3. The summed E-state index contributed by atoms with van der Waals surface area (Å²) in [4.78, 5) is 27.9. The van der Waals surface area contributed by atoms with E-state index in [0.29, 0.717) is 5.13 Å². The van der Waals surface area contributed by atoms with Gasteiger partial charge in [-0.25, -0.2) is 4.98 Å². The minimum Gasteiger partial charge on any atom is -0.298 e. The molecule has 0 fully saturated rings. The van der Waals surface area contributed by atoms with Gasteiger partial charge < -0.3 is 0 Å². The van der Waals surface area contributed by atoms with Crippen LogP contribution in [0.3, 0.4) is 0 Å². The molecule has 0 saturated heterocycles. The van der Waals surface area contributed by atoms with Crippen molar-refractivity contribution in [3.63, 3.8) is 0 Å². The molecular formula is C17H13N3O3S. The summed E-state index contributed by atoms with van der Waals surface area (Å²) >= 11 is 1.35. The van der Waals surface area contributed by atoms with Crippen LogP contribution in [0.15, 0.2) is 60.8 Å². The summed E-state index contributed by atoms with van der Waals surface area (Å²) in [5, 5.41) is 14.0. The second kappa shape index (κ2) is 7.01. The minimum absolute atomic E-state index is 0.0160. The Hall–Kier alpha value is -3.06. The second-order valence-corrected chi connectivity index (χ2v) is 6.14. The first-order valence-electron chi connectivity index (χ1n) is 7.17. The molecule has 1 aromatic heterocycles. The minimum atomic E-state index is -0.572. The van der Waals surface area contributed by atoms with Gasteiger partial charge in [-0.2, -0.15) is 0 Å². The van der Waals surface area contributed by atoms with Crippen molar-refractivity contribution in [2.24, 2.45) is 0 Å². The maximum absolute atomic E-state index is 12.3. The topological polar surface area (TPSA) is 85.1 Å². The largest absolute Gasteiger partial charge is 0.298 e. The van der Waals surface area contributed by atoms with Crippen molar-refractivity contribution in [3.05, 3.63) is 86.9 Å². The molecule has 0 aliphatic heterocycles. The van der Waals surface area contributed by atoms with Crippen molar-refractivity contribution in [2.45, 2.75) is 6.42 Å². The van der Waals surface area contributed by atoms with E-state index in [1.807, 2.05) is 30.3 Å². The Morgan fingerprint density at radius 3 is 2.58 bits per heavy atom. The highest BCUT2D eigenvalue weighted by Crippen LogP contribution is 2.23. The van der Waals surface area contributed by atoms with Crippen LogP contribution in [-0.4, -0.2) is 15.8 Å². The van der Waals surface area contributed by atoms with Gasteiger partial charge in [0.05, 0.1) is 4.92 Å². The number of rotatable bonds is 5. The molecule has 0 atom stereocenters. The van der Waals surface area contributed by atoms with Crippen LogP contribution in [0, 0.1) is 10.1 Å². The Morgan fingerprint density at radius 1 is 1.12 bits per heavy atom. The highest BCUT2D eigenvalue weighted by molar-refractivity contribution is 7.15. The average Bonchev–Trinajstić information content (AvgIpc) is 3.02. The van der Waals surface area contributed by atoms with Crippen molar-refractivity contribution in [1.82, 2.24) is 4.98 Å². The number of nitro benzene ring substituents is 1. The van der Waals surface area contributed by atoms with Crippen molar-refractivity contribution < 1.29 is 9.72 Å². The van der Waals surface area contributed by atoms with Gasteiger partial charge in [0.1, 0.15) is 5.56 Å². The van der Waals surface area contributed by atoms with Crippen molar-refractivity contribution in [3.8, 4) is 0 Å². The normalized spacial score (nSPS) is 10.3. The number of hydrogen-bond acceptors (Lipinski definition) is 5. The molecule has 0 aliphatic carbocycles. The van der Waals surface area contributed by atoms with Gasteiger partial charge in [-0.15, -0.1) is 11.3 Å². The summed E-state index contributed by atoms with van der Waals surface area (Å²) in [5.41, 5.74) is 0.941. The number of thiazole rings is 1. The zero-order valence-electron chi connectivity index (χ0n) is 12.5. The van der Waals surface area contributed by atoms with E-state index in [1.165, 1.54) is 29.5 Å². The molecule has 0 saturated carbocycles. The number of nitro groups is 1. The van der Waals surface area contributed by atoms with Gasteiger partial charge in [0.25, 0.3) is 11.6 Å². The van der Waals surface area contributed by atoms with Crippen LogP contribution in [0.5, 0.6) is 0 Å². The first-order valence-corrected chi connectivity index (χ1v) is 7.98. The highest BCUT2D eigenvalue weighted by Gasteiger charge is 2.20. The van der Waals surface area contributed by atoms with Crippen LogP contribution in [0.25, 0.3) is 0 Å². The Balaban J connectivity index is 1.73. The van der Waals surface area contributed by atoms with Gasteiger partial charge in [-0.3, -0.25) is 20.2 Å². The van der Waals surface area contributed by atoms with E-state index in [1.54, 1.807) is 12.3 Å². The number of para-hydroxylation sites is 1. The lowest BCUT2D eigenvalue weighted by atomic mass is 10.1. The summed E-state index contributed by atoms with van der Waals surface area (Å²) in [5.74, 6) is -0.539. The average molecular weight is 339 g/mol. The van der Waals surface area contributed by atoms with Crippen molar-refractivity contribution in [1.29, 1.82) is 0 Å². The lowest BCUT2D eigenvalue weighted by Gasteiger charge is -2.02. The molecule has 1 amide bonds. The van der Waals surface area contributed by atoms with E-state index in [2.05, 4.69) is 10.3 Å². The van der Waals surface area contributed by atoms with Gasteiger partial charge in [-0.1, -0.05) is 42.5 Å². The Kier molecular flexibility index (Phi) is 4.62. The Labute approximate surface area is 141 Å². The number of anilines is 1. The zero-order valence-corrected chi connectivity index (χ0v) is 13.3. The fourth-order valence-corrected chi connectivity index (χ4v) is 3.08. The van der Waals surface area contributed by atoms with Crippen molar-refractivity contribution >= 4 is 28.1 Å². The molecular weight excluding hydrogens is 326 g/mol. The maximum Gasteiger partial charge on any atom is 0.282 e. The van der Waals surface area contributed by atoms with Gasteiger partial charge in [0.2, 0.25) is 0 Å². The summed E-state index contributed by atoms with van der Waals surface area (Å²) in [6, 6.07) is 15.8. The molecule has 3 aromatic rings. The second-order valence-electron chi connectivity index (χ2n) is 5.02. The molecule has 24 heavy (non-hydrogen) atoms. The number of nitrogens with one attached hydrogen (secondary N) is 1. The van der Waals surface area contributed by atoms with Crippen LogP contribution in [0.1, 0.15) is 20.8 Å². The quantitative estimate of drug-likeness (QED) is 0.564. The van der Waals surface area contributed by atoms with E-state index < -0.39 is 10.8 Å². The lowest BCUT2D eigenvalue weighted by molar-refractivity contribution is -0.385. The molecule has 2 aromatic carbocycles. The van der Waals surface area contributed by atoms with Gasteiger partial charge in [0, 0.05) is 23.6 Å². The number of carbonyl (C=O) groups excluding carboxylic acids is 1.